The lowest BCUT2D eigenvalue weighted by atomic mass is 10.5. The van der Waals surface area contributed by atoms with Gasteiger partial charge < -0.3 is 0 Å². The minimum absolute atomic E-state index is 0.115. The fraction of sp³-hybridized carbons (Fsp3) is 0.375. The van der Waals surface area contributed by atoms with Crippen molar-refractivity contribution in [2.24, 2.45) is 0 Å². The molecule has 0 aliphatic rings. The first-order chi connectivity index (χ1) is 6.58. The van der Waals surface area contributed by atoms with Gasteiger partial charge in [0.15, 0.2) is 0 Å². The zero-order chi connectivity index (χ0) is 10.6. The van der Waals surface area contributed by atoms with Crippen LogP contribution < -0.4 is 4.72 Å². The van der Waals surface area contributed by atoms with E-state index >= 15 is 0 Å². The van der Waals surface area contributed by atoms with Crippen LogP contribution in [0.1, 0.15) is 12.6 Å². The lowest BCUT2D eigenvalue weighted by Gasteiger charge is -2.00. The summed E-state index contributed by atoms with van der Waals surface area (Å²) in [4.78, 5) is 0.162. The Balaban J connectivity index is 2.85. The number of hydrogen-bond donors (Lipinski definition) is 2. The van der Waals surface area contributed by atoms with E-state index in [-0.39, 0.29) is 11.4 Å². The quantitative estimate of drug-likeness (QED) is 0.695. The number of nitrogens with zero attached hydrogens (tertiary/aromatic N) is 1. The van der Waals surface area contributed by atoms with Gasteiger partial charge in [0.1, 0.15) is 4.90 Å². The van der Waals surface area contributed by atoms with Crippen LogP contribution in [0.25, 0.3) is 0 Å². The summed E-state index contributed by atoms with van der Waals surface area (Å²) in [6, 6.07) is 0. The summed E-state index contributed by atoms with van der Waals surface area (Å²) < 4.78 is 25.4. The molecule has 6 heteroatoms. The monoisotopic (exact) mass is 213 g/mol. The molecule has 76 valence electrons. The summed E-state index contributed by atoms with van der Waals surface area (Å²) in [6.07, 6.45) is 1.27. The highest BCUT2D eigenvalue weighted by Gasteiger charge is 2.16. The van der Waals surface area contributed by atoms with Crippen LogP contribution in [0.3, 0.4) is 0 Å². The molecule has 0 spiro atoms. The van der Waals surface area contributed by atoms with Crippen LogP contribution in [0.15, 0.2) is 11.1 Å². The van der Waals surface area contributed by atoms with Crippen molar-refractivity contribution >= 4 is 10.0 Å². The molecule has 1 heterocycles. The molecule has 0 aromatic carbocycles. The topological polar surface area (TPSA) is 74.8 Å². The van der Waals surface area contributed by atoms with E-state index < -0.39 is 10.0 Å². The highest BCUT2D eigenvalue weighted by atomic mass is 32.2. The zero-order valence-corrected chi connectivity index (χ0v) is 8.77. The van der Waals surface area contributed by atoms with Crippen LogP contribution in [-0.4, -0.2) is 25.2 Å². The minimum Gasteiger partial charge on any atom is -0.281 e. The van der Waals surface area contributed by atoms with Gasteiger partial charge in [-0.3, -0.25) is 5.10 Å². The van der Waals surface area contributed by atoms with E-state index in [1.54, 1.807) is 13.8 Å². The summed E-state index contributed by atoms with van der Waals surface area (Å²) in [5, 5.41) is 6.20. The van der Waals surface area contributed by atoms with Crippen molar-refractivity contribution < 1.29 is 8.42 Å². The molecule has 1 rings (SSSR count). The van der Waals surface area contributed by atoms with E-state index in [4.69, 9.17) is 0 Å². The van der Waals surface area contributed by atoms with E-state index in [9.17, 15) is 8.42 Å². The van der Waals surface area contributed by atoms with Crippen LogP contribution in [0, 0.1) is 18.8 Å². The summed E-state index contributed by atoms with van der Waals surface area (Å²) in [5.41, 5.74) is 0.516. The second-order valence-electron chi connectivity index (χ2n) is 2.61. The Bertz CT molecular complexity index is 464. The predicted molar refractivity (Wildman–Crippen MR) is 52.0 cm³/mol. The van der Waals surface area contributed by atoms with Crippen LogP contribution >= 0.6 is 0 Å². The Morgan fingerprint density at radius 3 is 2.86 bits per heavy atom. The molecule has 2 N–H and O–H groups in total. The largest absolute Gasteiger partial charge is 0.281 e. The third-order valence-electron chi connectivity index (χ3n) is 1.60. The van der Waals surface area contributed by atoms with Gasteiger partial charge in [-0.2, -0.15) is 9.82 Å². The Labute approximate surface area is 83.0 Å². The third-order valence-corrected chi connectivity index (χ3v) is 3.12. The fourth-order valence-electron chi connectivity index (χ4n) is 0.908. The molecule has 0 radical (unpaired) electrons. The molecular weight excluding hydrogens is 202 g/mol. The molecule has 0 unspecified atom stereocenters. The van der Waals surface area contributed by atoms with Crippen LogP contribution in [0.5, 0.6) is 0 Å². The fourth-order valence-corrected chi connectivity index (χ4v) is 1.97. The normalized spacial score (nSPS) is 10.7. The first kappa shape index (κ1) is 10.8. The maximum Gasteiger partial charge on any atom is 0.244 e. The lowest BCUT2D eigenvalue weighted by molar-refractivity contribution is 0.585. The molecular formula is C8H11N3O2S. The molecule has 0 aliphatic carbocycles. The summed E-state index contributed by atoms with van der Waals surface area (Å²) >= 11 is 0. The molecule has 0 saturated carbocycles. The molecule has 0 fully saturated rings. The van der Waals surface area contributed by atoms with Gasteiger partial charge in [-0.05, 0) is 13.8 Å². The van der Waals surface area contributed by atoms with Gasteiger partial charge in [-0.25, -0.2) is 8.42 Å². The summed E-state index contributed by atoms with van der Waals surface area (Å²) in [7, 11) is -3.47. The molecule has 0 bridgehead atoms. The van der Waals surface area contributed by atoms with Gasteiger partial charge in [0.05, 0.1) is 18.4 Å². The van der Waals surface area contributed by atoms with Crippen LogP contribution in [0.2, 0.25) is 0 Å². The van der Waals surface area contributed by atoms with E-state index in [1.165, 1.54) is 6.20 Å². The molecule has 14 heavy (non-hydrogen) atoms. The molecule has 0 saturated heterocycles. The first-order valence-corrected chi connectivity index (χ1v) is 5.45. The van der Waals surface area contributed by atoms with Crippen LogP contribution in [0.4, 0.5) is 0 Å². The zero-order valence-electron chi connectivity index (χ0n) is 7.96. The maximum absolute atomic E-state index is 11.6. The number of aromatic nitrogens is 2. The number of H-pyrrole nitrogens is 1. The predicted octanol–water partition coefficient (Wildman–Crippen LogP) is 0.0197. The summed E-state index contributed by atoms with van der Waals surface area (Å²) in [6.45, 7) is 3.41. The number of hydrogen-bond acceptors (Lipinski definition) is 3. The number of nitrogens with one attached hydrogen (secondary N) is 2. The maximum atomic E-state index is 11.6. The highest BCUT2D eigenvalue weighted by Crippen LogP contribution is 2.09. The molecule has 0 atom stereocenters. The van der Waals surface area contributed by atoms with Crippen molar-refractivity contribution in [1.82, 2.24) is 14.9 Å². The van der Waals surface area contributed by atoms with Crippen molar-refractivity contribution in [2.75, 3.05) is 6.54 Å². The average molecular weight is 213 g/mol. The summed E-state index contributed by atoms with van der Waals surface area (Å²) in [5.74, 6) is 5.21. The number of rotatable bonds is 3. The highest BCUT2D eigenvalue weighted by molar-refractivity contribution is 7.89. The SMILES string of the molecule is CC#CCNS(=O)(=O)c1cn[nH]c1C. The first-order valence-electron chi connectivity index (χ1n) is 3.97. The van der Waals surface area contributed by atoms with Gasteiger partial charge >= 0.3 is 0 Å². The Morgan fingerprint density at radius 1 is 1.64 bits per heavy atom. The molecule has 1 aromatic heterocycles. The number of sulfonamides is 1. The van der Waals surface area contributed by atoms with E-state index in [1.807, 2.05) is 0 Å². The van der Waals surface area contributed by atoms with Gasteiger partial charge in [-0.1, -0.05) is 5.92 Å². The van der Waals surface area contributed by atoms with Crippen molar-refractivity contribution in [3.63, 3.8) is 0 Å². The van der Waals surface area contributed by atoms with Gasteiger partial charge in [0, 0.05) is 0 Å². The molecule has 0 amide bonds. The Kier molecular flexibility index (Phi) is 3.28. The number of aryl methyl sites for hydroxylation is 1. The van der Waals surface area contributed by atoms with Gasteiger partial charge in [-0.15, -0.1) is 5.92 Å². The van der Waals surface area contributed by atoms with Crippen molar-refractivity contribution in [3.05, 3.63) is 11.9 Å². The van der Waals surface area contributed by atoms with E-state index in [0.717, 1.165) is 0 Å². The standard InChI is InChI=1S/C8H11N3O2S/c1-3-4-5-10-14(12,13)8-6-9-11-7(8)2/h6,10H,5H2,1-2H3,(H,9,11). The molecule has 0 aliphatic heterocycles. The van der Waals surface area contributed by atoms with Crippen molar-refractivity contribution in [1.29, 1.82) is 0 Å². The smallest absolute Gasteiger partial charge is 0.244 e. The second kappa shape index (κ2) is 4.26. The second-order valence-corrected chi connectivity index (χ2v) is 4.35. The third kappa shape index (κ3) is 2.34. The Hall–Kier alpha value is -1.32. The van der Waals surface area contributed by atoms with E-state index in [0.29, 0.717) is 5.69 Å². The number of aromatic amines is 1. The van der Waals surface area contributed by atoms with E-state index in [2.05, 4.69) is 26.8 Å². The molecule has 1 aromatic rings. The van der Waals surface area contributed by atoms with Crippen molar-refractivity contribution in [3.8, 4) is 11.8 Å². The van der Waals surface area contributed by atoms with Crippen LogP contribution in [-0.2, 0) is 10.0 Å². The minimum atomic E-state index is -3.47. The Morgan fingerprint density at radius 2 is 2.36 bits per heavy atom. The van der Waals surface area contributed by atoms with Gasteiger partial charge in [0.25, 0.3) is 0 Å². The average Bonchev–Trinajstić information content (AvgIpc) is 2.52. The molecule has 5 nitrogen and oxygen atoms in total. The van der Waals surface area contributed by atoms with Gasteiger partial charge in [0.2, 0.25) is 10.0 Å². The lowest BCUT2D eigenvalue weighted by Crippen LogP contribution is -2.24. The van der Waals surface area contributed by atoms with Crippen molar-refractivity contribution in [2.45, 2.75) is 18.7 Å².